The lowest BCUT2D eigenvalue weighted by molar-refractivity contribution is -0.139. The predicted molar refractivity (Wildman–Crippen MR) is 58.9 cm³/mol. The van der Waals surface area contributed by atoms with Crippen LogP contribution in [0.1, 0.15) is 12.8 Å². The average Bonchev–Trinajstić information content (AvgIpc) is 2.26. The molecule has 0 aliphatic carbocycles. The fourth-order valence-corrected chi connectivity index (χ4v) is 1.62. The Balaban J connectivity index is 2.27. The van der Waals surface area contributed by atoms with Crippen molar-refractivity contribution in [3.63, 3.8) is 0 Å². The number of rotatable bonds is 4. The molecule has 0 aromatic rings. The molecular formula is C10H19N3O3. The maximum Gasteiger partial charge on any atom is 0.320 e. The summed E-state index contributed by atoms with van der Waals surface area (Å²) in [6, 6.07) is -0.934. The fourth-order valence-electron chi connectivity index (χ4n) is 1.62. The number of hydrogen-bond donors (Lipinski definition) is 2. The first kappa shape index (κ1) is 12.9. The molecule has 1 aliphatic rings. The minimum Gasteiger partial charge on any atom is -0.480 e. The third-order valence-corrected chi connectivity index (χ3v) is 2.84. The highest BCUT2D eigenvalue weighted by Gasteiger charge is 2.20. The van der Waals surface area contributed by atoms with Crippen LogP contribution < -0.4 is 5.73 Å². The molecule has 0 unspecified atom stereocenters. The normalized spacial score (nSPS) is 19.5. The molecule has 1 fully saturated rings. The van der Waals surface area contributed by atoms with Crippen LogP contribution in [0.2, 0.25) is 0 Å². The summed E-state index contributed by atoms with van der Waals surface area (Å²) in [4.78, 5) is 26.1. The number of nitrogens with zero attached hydrogens (tertiary/aromatic N) is 2. The lowest BCUT2D eigenvalue weighted by Crippen LogP contribution is -2.47. The van der Waals surface area contributed by atoms with E-state index >= 15 is 0 Å². The van der Waals surface area contributed by atoms with E-state index in [-0.39, 0.29) is 18.7 Å². The molecule has 16 heavy (non-hydrogen) atoms. The Morgan fingerprint density at radius 3 is 2.38 bits per heavy atom. The molecule has 0 spiro atoms. The number of hydrogen-bond acceptors (Lipinski definition) is 4. The Morgan fingerprint density at radius 2 is 1.88 bits per heavy atom. The van der Waals surface area contributed by atoms with Crippen molar-refractivity contribution in [3.8, 4) is 0 Å². The number of piperazine rings is 1. The van der Waals surface area contributed by atoms with Crippen LogP contribution in [0.15, 0.2) is 0 Å². The maximum atomic E-state index is 11.7. The monoisotopic (exact) mass is 229 g/mol. The van der Waals surface area contributed by atoms with E-state index < -0.39 is 12.0 Å². The van der Waals surface area contributed by atoms with Crippen LogP contribution in [0.25, 0.3) is 0 Å². The highest BCUT2D eigenvalue weighted by molar-refractivity contribution is 5.78. The van der Waals surface area contributed by atoms with Gasteiger partial charge in [-0.05, 0) is 13.5 Å². The minimum absolute atomic E-state index is 0.00444. The molecule has 0 aromatic carbocycles. The molecule has 0 radical (unpaired) electrons. The van der Waals surface area contributed by atoms with Crippen molar-refractivity contribution < 1.29 is 14.7 Å². The SMILES string of the molecule is CN1CCN(C(=O)CC[C@H](N)C(=O)O)CC1. The molecule has 1 amide bonds. The topological polar surface area (TPSA) is 86.9 Å². The van der Waals surface area contributed by atoms with Gasteiger partial charge in [0.05, 0.1) is 0 Å². The van der Waals surface area contributed by atoms with Crippen molar-refractivity contribution in [3.05, 3.63) is 0 Å². The molecule has 6 nitrogen and oxygen atoms in total. The third kappa shape index (κ3) is 3.79. The molecule has 6 heteroatoms. The van der Waals surface area contributed by atoms with Gasteiger partial charge in [0.1, 0.15) is 6.04 Å². The van der Waals surface area contributed by atoms with E-state index in [9.17, 15) is 9.59 Å². The van der Waals surface area contributed by atoms with E-state index in [2.05, 4.69) is 4.90 Å². The number of carbonyl (C=O) groups is 2. The van der Waals surface area contributed by atoms with E-state index in [0.717, 1.165) is 26.2 Å². The number of likely N-dealkylation sites (N-methyl/N-ethyl adjacent to an activating group) is 1. The van der Waals surface area contributed by atoms with Crippen molar-refractivity contribution in [2.24, 2.45) is 5.73 Å². The van der Waals surface area contributed by atoms with Crippen molar-refractivity contribution in [1.29, 1.82) is 0 Å². The number of amides is 1. The number of aliphatic carboxylic acids is 1. The van der Waals surface area contributed by atoms with Gasteiger partial charge in [-0.2, -0.15) is 0 Å². The second-order valence-electron chi connectivity index (χ2n) is 4.17. The summed E-state index contributed by atoms with van der Waals surface area (Å²) in [6.45, 7) is 3.18. The lowest BCUT2D eigenvalue weighted by Gasteiger charge is -2.32. The van der Waals surface area contributed by atoms with Crippen LogP contribution in [0, 0.1) is 0 Å². The first-order valence-electron chi connectivity index (χ1n) is 5.45. The van der Waals surface area contributed by atoms with E-state index in [1.807, 2.05) is 7.05 Å². The van der Waals surface area contributed by atoms with Crippen LogP contribution in [0.5, 0.6) is 0 Å². The number of carboxylic acids is 1. The Bertz CT molecular complexity index is 262. The van der Waals surface area contributed by atoms with E-state index in [1.54, 1.807) is 4.90 Å². The molecule has 1 aliphatic heterocycles. The zero-order valence-corrected chi connectivity index (χ0v) is 9.56. The van der Waals surface area contributed by atoms with Gasteiger partial charge in [0.2, 0.25) is 5.91 Å². The van der Waals surface area contributed by atoms with Gasteiger partial charge in [0, 0.05) is 32.6 Å². The second kappa shape index (κ2) is 5.81. The standard InChI is InChI=1S/C10H19N3O3/c1-12-4-6-13(7-5-12)9(14)3-2-8(11)10(15)16/h8H,2-7,11H2,1H3,(H,15,16)/t8-/m0/s1. The van der Waals surface area contributed by atoms with Crippen LogP contribution in [0.3, 0.4) is 0 Å². The minimum atomic E-state index is -1.05. The molecule has 1 rings (SSSR count). The number of carbonyl (C=O) groups excluding carboxylic acids is 1. The molecule has 92 valence electrons. The summed E-state index contributed by atoms with van der Waals surface area (Å²) in [7, 11) is 2.02. The van der Waals surface area contributed by atoms with Crippen LogP contribution >= 0.6 is 0 Å². The van der Waals surface area contributed by atoms with E-state index in [0.29, 0.717) is 0 Å². The fraction of sp³-hybridized carbons (Fsp3) is 0.800. The highest BCUT2D eigenvalue weighted by Crippen LogP contribution is 2.04. The zero-order valence-electron chi connectivity index (χ0n) is 9.56. The highest BCUT2D eigenvalue weighted by atomic mass is 16.4. The van der Waals surface area contributed by atoms with Crippen LogP contribution in [0.4, 0.5) is 0 Å². The van der Waals surface area contributed by atoms with Gasteiger partial charge < -0.3 is 20.6 Å². The van der Waals surface area contributed by atoms with Gasteiger partial charge in [-0.25, -0.2) is 0 Å². The van der Waals surface area contributed by atoms with Gasteiger partial charge in [-0.1, -0.05) is 0 Å². The quantitative estimate of drug-likeness (QED) is 0.642. The van der Waals surface area contributed by atoms with Gasteiger partial charge in [-0.3, -0.25) is 9.59 Å². The zero-order chi connectivity index (χ0) is 12.1. The molecule has 3 N–H and O–H groups in total. The van der Waals surface area contributed by atoms with Gasteiger partial charge >= 0.3 is 5.97 Å². The second-order valence-corrected chi connectivity index (χ2v) is 4.17. The van der Waals surface area contributed by atoms with Crippen molar-refractivity contribution >= 4 is 11.9 Å². The van der Waals surface area contributed by atoms with Crippen LogP contribution in [-0.2, 0) is 9.59 Å². The molecular weight excluding hydrogens is 210 g/mol. The lowest BCUT2D eigenvalue weighted by atomic mass is 10.1. The number of nitrogens with two attached hydrogens (primary N) is 1. The number of carboxylic acid groups (broad SMARTS) is 1. The van der Waals surface area contributed by atoms with Gasteiger partial charge in [0.25, 0.3) is 0 Å². The largest absolute Gasteiger partial charge is 0.480 e. The molecule has 0 saturated carbocycles. The smallest absolute Gasteiger partial charge is 0.320 e. The Labute approximate surface area is 95.0 Å². The van der Waals surface area contributed by atoms with Crippen molar-refractivity contribution in [2.75, 3.05) is 33.2 Å². The molecule has 1 atom stereocenters. The summed E-state index contributed by atoms with van der Waals surface area (Å²) in [6.07, 6.45) is 0.428. The van der Waals surface area contributed by atoms with E-state index in [1.165, 1.54) is 0 Å². The molecule has 1 heterocycles. The maximum absolute atomic E-state index is 11.7. The first-order chi connectivity index (χ1) is 7.50. The summed E-state index contributed by atoms with van der Waals surface area (Å²) in [5.74, 6) is -1.05. The Kier molecular flexibility index (Phi) is 4.70. The predicted octanol–water partition coefficient (Wildman–Crippen LogP) is -1.05. The summed E-state index contributed by atoms with van der Waals surface area (Å²) < 4.78 is 0. The molecule has 0 bridgehead atoms. The first-order valence-corrected chi connectivity index (χ1v) is 5.45. The Hall–Kier alpha value is -1.14. The molecule has 0 aromatic heterocycles. The van der Waals surface area contributed by atoms with Gasteiger partial charge in [0.15, 0.2) is 0 Å². The van der Waals surface area contributed by atoms with Crippen LogP contribution in [-0.4, -0.2) is 66.1 Å². The van der Waals surface area contributed by atoms with Crippen molar-refractivity contribution in [2.45, 2.75) is 18.9 Å². The molecule has 1 saturated heterocycles. The Morgan fingerprint density at radius 1 is 1.31 bits per heavy atom. The van der Waals surface area contributed by atoms with Crippen molar-refractivity contribution in [1.82, 2.24) is 9.80 Å². The summed E-state index contributed by atoms with van der Waals surface area (Å²) in [5.41, 5.74) is 5.34. The average molecular weight is 229 g/mol. The summed E-state index contributed by atoms with van der Waals surface area (Å²) >= 11 is 0. The third-order valence-electron chi connectivity index (χ3n) is 2.84. The van der Waals surface area contributed by atoms with E-state index in [4.69, 9.17) is 10.8 Å². The van der Waals surface area contributed by atoms with Gasteiger partial charge in [-0.15, -0.1) is 0 Å². The summed E-state index contributed by atoms with van der Waals surface area (Å²) in [5, 5.41) is 8.58.